The minimum absolute atomic E-state index is 0.696. The highest BCUT2D eigenvalue weighted by Gasteiger charge is 2.16. The third kappa shape index (κ3) is 3.40. The van der Waals surface area contributed by atoms with E-state index in [4.69, 9.17) is 9.47 Å². The zero-order valence-electron chi connectivity index (χ0n) is 13.9. The van der Waals surface area contributed by atoms with Crippen molar-refractivity contribution in [3.63, 3.8) is 0 Å². The molecule has 0 saturated heterocycles. The molecule has 0 radical (unpaired) electrons. The van der Waals surface area contributed by atoms with E-state index in [0.29, 0.717) is 13.2 Å². The van der Waals surface area contributed by atoms with Crippen molar-refractivity contribution >= 4 is 53.4 Å². The van der Waals surface area contributed by atoms with Crippen molar-refractivity contribution in [1.82, 2.24) is 0 Å². The van der Waals surface area contributed by atoms with E-state index in [9.17, 15) is 0 Å². The Hall–Kier alpha value is -1.26. The lowest BCUT2D eigenvalue weighted by atomic mass is 10.0. The van der Waals surface area contributed by atoms with Crippen molar-refractivity contribution in [2.24, 2.45) is 0 Å². The van der Waals surface area contributed by atoms with Gasteiger partial charge in [0.05, 0.1) is 13.2 Å². The van der Waals surface area contributed by atoms with Gasteiger partial charge in [0.1, 0.15) is 11.5 Å². The maximum Gasteiger partial charge on any atom is 0.135 e. The summed E-state index contributed by atoms with van der Waals surface area (Å²) in [6, 6.07) is 12.5. The van der Waals surface area contributed by atoms with Crippen molar-refractivity contribution in [2.45, 2.75) is 26.7 Å². The molecule has 0 amide bonds. The summed E-state index contributed by atoms with van der Waals surface area (Å²) in [7, 11) is 0. The highest BCUT2D eigenvalue weighted by molar-refractivity contribution is 9.10. The molecule has 3 aromatic carbocycles. The average molecular weight is 452 g/mol. The van der Waals surface area contributed by atoms with Gasteiger partial charge in [0.2, 0.25) is 0 Å². The van der Waals surface area contributed by atoms with Gasteiger partial charge in [-0.25, -0.2) is 0 Å². The van der Waals surface area contributed by atoms with Crippen LogP contribution in [0.15, 0.2) is 45.3 Å². The van der Waals surface area contributed by atoms with Crippen LogP contribution in [-0.4, -0.2) is 13.2 Å². The number of rotatable bonds is 6. The van der Waals surface area contributed by atoms with Crippen LogP contribution in [0.1, 0.15) is 26.7 Å². The third-order valence-electron chi connectivity index (χ3n) is 3.84. The van der Waals surface area contributed by atoms with Crippen LogP contribution in [0.25, 0.3) is 21.5 Å². The normalized spacial score (nSPS) is 11.2. The first kappa shape index (κ1) is 17.6. The Bertz CT molecular complexity index is 801. The van der Waals surface area contributed by atoms with Crippen LogP contribution in [-0.2, 0) is 0 Å². The molecule has 0 aromatic heterocycles. The van der Waals surface area contributed by atoms with Crippen LogP contribution in [0.5, 0.6) is 11.5 Å². The molecule has 24 heavy (non-hydrogen) atoms. The Labute approximate surface area is 159 Å². The maximum atomic E-state index is 6.14. The molecule has 3 aromatic rings. The number of benzene rings is 3. The van der Waals surface area contributed by atoms with Crippen LogP contribution in [0.3, 0.4) is 0 Å². The van der Waals surface area contributed by atoms with Gasteiger partial charge in [-0.1, -0.05) is 45.7 Å². The van der Waals surface area contributed by atoms with Gasteiger partial charge in [0.15, 0.2) is 0 Å². The van der Waals surface area contributed by atoms with Gasteiger partial charge in [-0.05, 0) is 49.2 Å². The minimum Gasteiger partial charge on any atom is -0.492 e. The molecule has 0 unspecified atom stereocenters. The molecule has 0 fully saturated rings. The highest BCUT2D eigenvalue weighted by atomic mass is 79.9. The summed E-state index contributed by atoms with van der Waals surface area (Å²) in [5.74, 6) is 1.86. The van der Waals surface area contributed by atoms with Crippen molar-refractivity contribution in [3.05, 3.63) is 45.3 Å². The summed E-state index contributed by atoms with van der Waals surface area (Å²) in [5, 5.41) is 4.34. The van der Waals surface area contributed by atoms with Crippen LogP contribution >= 0.6 is 31.9 Å². The van der Waals surface area contributed by atoms with E-state index in [2.05, 4.69) is 82.1 Å². The molecule has 4 heteroatoms. The zero-order chi connectivity index (χ0) is 17.1. The van der Waals surface area contributed by atoms with Crippen molar-refractivity contribution in [1.29, 1.82) is 0 Å². The van der Waals surface area contributed by atoms with E-state index < -0.39 is 0 Å². The van der Waals surface area contributed by atoms with Gasteiger partial charge in [-0.3, -0.25) is 0 Å². The molecule has 0 atom stereocenters. The lowest BCUT2D eigenvalue weighted by Gasteiger charge is -2.18. The average Bonchev–Trinajstić information content (AvgIpc) is 2.58. The lowest BCUT2D eigenvalue weighted by molar-refractivity contribution is 0.319. The fraction of sp³-hybridized carbons (Fsp3) is 0.300. The molecule has 0 spiro atoms. The van der Waals surface area contributed by atoms with Crippen LogP contribution in [0.4, 0.5) is 0 Å². The Morgan fingerprint density at radius 1 is 0.667 bits per heavy atom. The third-order valence-corrected chi connectivity index (χ3v) is 4.83. The summed E-state index contributed by atoms with van der Waals surface area (Å²) >= 11 is 7.17. The summed E-state index contributed by atoms with van der Waals surface area (Å²) in [4.78, 5) is 0. The first-order chi connectivity index (χ1) is 11.7. The molecule has 126 valence electrons. The summed E-state index contributed by atoms with van der Waals surface area (Å²) in [6.07, 6.45) is 1.95. The molecule has 0 saturated carbocycles. The number of hydrogen-bond donors (Lipinski definition) is 0. The Kier molecular flexibility index (Phi) is 5.67. The smallest absolute Gasteiger partial charge is 0.135 e. The number of fused-ring (bicyclic) bond motifs is 2. The van der Waals surface area contributed by atoms with Gasteiger partial charge in [0, 0.05) is 30.5 Å². The van der Waals surface area contributed by atoms with E-state index in [-0.39, 0.29) is 0 Å². The van der Waals surface area contributed by atoms with Gasteiger partial charge >= 0.3 is 0 Å². The zero-order valence-corrected chi connectivity index (χ0v) is 17.0. The topological polar surface area (TPSA) is 18.5 Å². The van der Waals surface area contributed by atoms with Crippen LogP contribution < -0.4 is 9.47 Å². The molecule has 0 aliphatic rings. The Balaban J connectivity index is 2.38. The van der Waals surface area contributed by atoms with Gasteiger partial charge in [-0.2, -0.15) is 0 Å². The first-order valence-electron chi connectivity index (χ1n) is 8.25. The van der Waals surface area contributed by atoms with Crippen molar-refractivity contribution < 1.29 is 9.47 Å². The molecule has 3 rings (SSSR count). The molecule has 0 heterocycles. The van der Waals surface area contributed by atoms with E-state index in [1.54, 1.807) is 0 Å². The van der Waals surface area contributed by atoms with Gasteiger partial charge in [0.25, 0.3) is 0 Å². The molecule has 2 nitrogen and oxygen atoms in total. The molecule has 0 aliphatic carbocycles. The van der Waals surface area contributed by atoms with E-state index >= 15 is 0 Å². The molecule has 0 N–H and O–H groups in total. The van der Waals surface area contributed by atoms with Crippen LogP contribution in [0, 0.1) is 0 Å². The second kappa shape index (κ2) is 7.75. The molecular weight excluding hydrogens is 432 g/mol. The largest absolute Gasteiger partial charge is 0.492 e. The Morgan fingerprint density at radius 2 is 1.08 bits per heavy atom. The van der Waals surface area contributed by atoms with E-state index in [0.717, 1.165) is 54.8 Å². The number of hydrogen-bond acceptors (Lipinski definition) is 2. The Morgan fingerprint density at radius 3 is 1.46 bits per heavy atom. The summed E-state index contributed by atoms with van der Waals surface area (Å²) in [5.41, 5.74) is 0. The standard InChI is InChI=1S/C20H20Br2O2/c1-3-9-23-19-15-7-5-14(22)12-18(15)20(24-10-4-2)16-8-6-13(21)11-17(16)19/h5-8,11-12H,3-4,9-10H2,1-2H3. The number of halogens is 2. The first-order valence-corrected chi connectivity index (χ1v) is 9.84. The molecular formula is C20H20Br2O2. The summed E-state index contributed by atoms with van der Waals surface area (Å²) in [6.45, 7) is 5.63. The second-order valence-electron chi connectivity index (χ2n) is 5.73. The minimum atomic E-state index is 0.696. The summed E-state index contributed by atoms with van der Waals surface area (Å²) < 4.78 is 14.4. The van der Waals surface area contributed by atoms with E-state index in [1.165, 1.54) is 0 Å². The fourth-order valence-electron chi connectivity index (χ4n) is 2.81. The highest BCUT2D eigenvalue weighted by Crippen LogP contribution is 2.44. The predicted octanol–water partition coefficient (Wildman–Crippen LogP) is 7.10. The van der Waals surface area contributed by atoms with Gasteiger partial charge < -0.3 is 9.47 Å². The van der Waals surface area contributed by atoms with Crippen LogP contribution in [0.2, 0.25) is 0 Å². The lowest BCUT2D eigenvalue weighted by Crippen LogP contribution is -2.01. The number of ether oxygens (including phenoxy) is 2. The maximum absolute atomic E-state index is 6.14. The fourth-order valence-corrected chi connectivity index (χ4v) is 3.54. The van der Waals surface area contributed by atoms with E-state index in [1.807, 2.05) is 0 Å². The second-order valence-corrected chi connectivity index (χ2v) is 7.57. The monoisotopic (exact) mass is 450 g/mol. The molecule has 0 bridgehead atoms. The quantitative estimate of drug-likeness (QED) is 0.372. The SMILES string of the molecule is CCCOc1c2ccc(Br)cc2c(OCCC)c2ccc(Br)cc12. The molecule has 0 aliphatic heterocycles. The van der Waals surface area contributed by atoms with Crippen molar-refractivity contribution in [3.8, 4) is 11.5 Å². The predicted molar refractivity (Wildman–Crippen MR) is 108 cm³/mol. The van der Waals surface area contributed by atoms with Crippen molar-refractivity contribution in [2.75, 3.05) is 13.2 Å². The van der Waals surface area contributed by atoms with Gasteiger partial charge in [-0.15, -0.1) is 0 Å².